The molecule has 0 saturated carbocycles. The average molecular weight is 465 g/mol. The number of nitrogens with one attached hydrogen (secondary N) is 1. The minimum atomic E-state index is -1.27. The fourth-order valence-electron chi connectivity index (χ4n) is 5.10. The van der Waals surface area contributed by atoms with Crippen LogP contribution >= 0.6 is 0 Å². The second-order valence-corrected chi connectivity index (χ2v) is 10.4. The van der Waals surface area contributed by atoms with E-state index in [9.17, 15) is 19.5 Å². The van der Waals surface area contributed by atoms with Crippen molar-refractivity contribution in [3.05, 3.63) is 59.7 Å². The molecule has 34 heavy (non-hydrogen) atoms. The summed E-state index contributed by atoms with van der Waals surface area (Å²) in [4.78, 5) is 39.6. The molecular weight excluding hydrogens is 432 g/mol. The minimum Gasteiger partial charge on any atom is -0.480 e. The smallest absolute Gasteiger partial charge is 0.407 e. The molecule has 1 heterocycles. The SMILES string of the molecule is CC(C)(C)[C@H](NC(=O)OCC1c2ccccc2-c2ccccc21)C(=O)N1CCC[C@]1(C)C(=O)O. The number of nitrogens with zero attached hydrogens (tertiary/aromatic N) is 1. The molecule has 2 aromatic carbocycles. The molecule has 4 rings (SSSR count). The number of rotatable bonds is 5. The van der Waals surface area contributed by atoms with Crippen molar-refractivity contribution in [3.63, 3.8) is 0 Å². The highest BCUT2D eigenvalue weighted by molar-refractivity contribution is 5.92. The van der Waals surface area contributed by atoms with E-state index in [0.717, 1.165) is 22.3 Å². The Kier molecular flexibility index (Phi) is 6.14. The Morgan fingerprint density at radius 3 is 2.18 bits per heavy atom. The molecule has 2 atom stereocenters. The monoisotopic (exact) mass is 464 g/mol. The fourth-order valence-corrected chi connectivity index (χ4v) is 5.10. The van der Waals surface area contributed by atoms with Gasteiger partial charge in [0.2, 0.25) is 5.91 Å². The molecule has 1 fully saturated rings. The van der Waals surface area contributed by atoms with Gasteiger partial charge in [-0.25, -0.2) is 9.59 Å². The third kappa shape index (κ3) is 4.15. The standard InChI is InChI=1S/C27H32N2O5/c1-26(2,3)22(23(30)29-15-9-14-27(29,4)24(31)32)28-25(33)34-16-21-19-12-7-5-10-17(19)18-11-6-8-13-20(18)21/h5-8,10-13,21-22H,9,14-16H2,1-4H3,(H,28,33)(H,31,32)/t22-,27-/m1/s1. The van der Waals surface area contributed by atoms with E-state index in [1.165, 1.54) is 4.90 Å². The van der Waals surface area contributed by atoms with Crippen LogP contribution in [0.4, 0.5) is 4.79 Å². The number of amides is 2. The molecule has 0 radical (unpaired) electrons. The molecule has 0 aromatic heterocycles. The van der Waals surface area contributed by atoms with E-state index < -0.39 is 35.0 Å². The lowest BCUT2D eigenvalue weighted by Gasteiger charge is -2.38. The van der Waals surface area contributed by atoms with Crippen molar-refractivity contribution in [1.82, 2.24) is 10.2 Å². The van der Waals surface area contributed by atoms with Gasteiger partial charge < -0.3 is 20.1 Å². The largest absolute Gasteiger partial charge is 0.480 e. The van der Waals surface area contributed by atoms with Crippen LogP contribution in [-0.2, 0) is 14.3 Å². The van der Waals surface area contributed by atoms with Crippen molar-refractivity contribution < 1.29 is 24.2 Å². The Bertz CT molecular complexity index is 1080. The summed E-state index contributed by atoms with van der Waals surface area (Å²) >= 11 is 0. The Morgan fingerprint density at radius 2 is 1.65 bits per heavy atom. The van der Waals surface area contributed by atoms with Gasteiger partial charge in [-0.3, -0.25) is 4.79 Å². The fraction of sp³-hybridized carbons (Fsp3) is 0.444. The first-order valence-electron chi connectivity index (χ1n) is 11.7. The molecule has 1 aliphatic carbocycles. The summed E-state index contributed by atoms with van der Waals surface area (Å²) < 4.78 is 5.64. The molecule has 2 aliphatic rings. The normalized spacial score (nSPS) is 20.4. The predicted molar refractivity (Wildman–Crippen MR) is 128 cm³/mol. The maximum Gasteiger partial charge on any atom is 0.407 e. The first kappa shape index (κ1) is 23.8. The number of hydrogen-bond acceptors (Lipinski definition) is 4. The highest BCUT2D eigenvalue weighted by Crippen LogP contribution is 2.44. The summed E-state index contributed by atoms with van der Waals surface area (Å²) in [7, 11) is 0. The van der Waals surface area contributed by atoms with E-state index in [4.69, 9.17) is 4.74 Å². The summed E-state index contributed by atoms with van der Waals surface area (Å²) in [6.45, 7) is 7.57. The molecule has 1 aliphatic heterocycles. The molecule has 0 unspecified atom stereocenters. The van der Waals surface area contributed by atoms with Gasteiger partial charge >= 0.3 is 12.1 Å². The van der Waals surface area contributed by atoms with Crippen LogP contribution in [0.15, 0.2) is 48.5 Å². The van der Waals surface area contributed by atoms with Gasteiger partial charge in [0, 0.05) is 12.5 Å². The number of hydrogen-bond donors (Lipinski definition) is 2. The number of carbonyl (C=O) groups is 3. The number of carboxylic acids is 1. The Labute approximate surface area is 200 Å². The summed E-state index contributed by atoms with van der Waals surface area (Å²) in [6, 6.07) is 15.2. The van der Waals surface area contributed by atoms with Crippen LogP contribution in [0, 0.1) is 5.41 Å². The van der Waals surface area contributed by atoms with Crippen LogP contribution in [0.25, 0.3) is 11.1 Å². The number of carbonyl (C=O) groups excluding carboxylic acids is 2. The number of carboxylic acid groups (broad SMARTS) is 1. The Hall–Kier alpha value is -3.35. The molecule has 1 saturated heterocycles. The molecule has 2 amide bonds. The lowest BCUT2D eigenvalue weighted by Crippen LogP contribution is -2.60. The summed E-state index contributed by atoms with van der Waals surface area (Å²) in [6.07, 6.45) is 0.304. The van der Waals surface area contributed by atoms with E-state index >= 15 is 0 Å². The molecule has 180 valence electrons. The van der Waals surface area contributed by atoms with Crippen LogP contribution in [0.5, 0.6) is 0 Å². The molecule has 0 spiro atoms. The number of alkyl carbamates (subject to hydrolysis) is 1. The summed E-state index contributed by atoms with van der Waals surface area (Å²) in [5.41, 5.74) is 2.57. The van der Waals surface area contributed by atoms with Gasteiger partial charge in [-0.1, -0.05) is 69.3 Å². The van der Waals surface area contributed by atoms with Gasteiger partial charge in [-0.15, -0.1) is 0 Å². The van der Waals surface area contributed by atoms with Crippen LogP contribution in [0.3, 0.4) is 0 Å². The van der Waals surface area contributed by atoms with Crippen LogP contribution in [0.2, 0.25) is 0 Å². The van der Waals surface area contributed by atoms with Gasteiger partial charge in [-0.05, 0) is 47.4 Å². The number of fused-ring (bicyclic) bond motifs is 3. The number of aliphatic carboxylic acids is 1. The van der Waals surface area contributed by atoms with Crippen molar-refractivity contribution in [2.45, 2.75) is 58.0 Å². The van der Waals surface area contributed by atoms with Gasteiger partial charge in [0.05, 0.1) is 0 Å². The maximum atomic E-state index is 13.4. The van der Waals surface area contributed by atoms with Crippen molar-refractivity contribution in [3.8, 4) is 11.1 Å². The van der Waals surface area contributed by atoms with Crippen molar-refractivity contribution >= 4 is 18.0 Å². The second kappa shape index (κ2) is 8.78. The van der Waals surface area contributed by atoms with Crippen molar-refractivity contribution in [1.29, 1.82) is 0 Å². The van der Waals surface area contributed by atoms with E-state index in [0.29, 0.717) is 19.4 Å². The van der Waals surface area contributed by atoms with Crippen LogP contribution in [-0.4, -0.2) is 52.7 Å². The quantitative estimate of drug-likeness (QED) is 0.684. The van der Waals surface area contributed by atoms with Crippen LogP contribution in [0.1, 0.15) is 57.6 Å². The topological polar surface area (TPSA) is 95.9 Å². The second-order valence-electron chi connectivity index (χ2n) is 10.4. The van der Waals surface area contributed by atoms with Gasteiger partial charge in [0.25, 0.3) is 0 Å². The van der Waals surface area contributed by atoms with Gasteiger partial charge in [0.15, 0.2) is 0 Å². The zero-order valence-corrected chi connectivity index (χ0v) is 20.1. The van der Waals surface area contributed by atoms with E-state index in [-0.39, 0.29) is 12.5 Å². The lowest BCUT2D eigenvalue weighted by atomic mass is 9.85. The molecule has 2 N–H and O–H groups in total. The van der Waals surface area contributed by atoms with Gasteiger partial charge in [0.1, 0.15) is 18.2 Å². The first-order valence-corrected chi connectivity index (χ1v) is 11.7. The molecule has 0 bridgehead atoms. The maximum absolute atomic E-state index is 13.4. The van der Waals surface area contributed by atoms with Crippen molar-refractivity contribution in [2.24, 2.45) is 5.41 Å². The zero-order valence-electron chi connectivity index (χ0n) is 20.1. The Balaban J connectivity index is 1.49. The Morgan fingerprint density at radius 1 is 1.09 bits per heavy atom. The van der Waals surface area contributed by atoms with E-state index in [2.05, 4.69) is 17.4 Å². The van der Waals surface area contributed by atoms with Gasteiger partial charge in [-0.2, -0.15) is 0 Å². The third-order valence-electron chi connectivity index (χ3n) is 7.09. The molecule has 7 nitrogen and oxygen atoms in total. The minimum absolute atomic E-state index is 0.0872. The number of likely N-dealkylation sites (tertiary alicyclic amines) is 1. The lowest BCUT2D eigenvalue weighted by molar-refractivity contribution is -0.157. The highest BCUT2D eigenvalue weighted by atomic mass is 16.5. The first-order chi connectivity index (χ1) is 16.0. The zero-order chi connectivity index (χ0) is 24.7. The third-order valence-corrected chi connectivity index (χ3v) is 7.09. The predicted octanol–water partition coefficient (Wildman–Crippen LogP) is 4.41. The summed E-state index contributed by atoms with van der Waals surface area (Å²) in [5, 5.41) is 12.5. The molecule has 7 heteroatoms. The highest BCUT2D eigenvalue weighted by Gasteiger charge is 2.49. The number of benzene rings is 2. The molecular formula is C27H32N2O5. The van der Waals surface area contributed by atoms with E-state index in [1.807, 2.05) is 57.2 Å². The van der Waals surface area contributed by atoms with Crippen molar-refractivity contribution in [2.75, 3.05) is 13.2 Å². The number of ether oxygens (including phenoxy) is 1. The van der Waals surface area contributed by atoms with Crippen LogP contribution < -0.4 is 5.32 Å². The van der Waals surface area contributed by atoms with E-state index in [1.54, 1.807) is 6.92 Å². The molecule has 2 aromatic rings. The summed E-state index contributed by atoms with van der Waals surface area (Å²) in [5.74, 6) is -1.52. The average Bonchev–Trinajstić information content (AvgIpc) is 3.34.